The Labute approximate surface area is 124 Å². The zero-order chi connectivity index (χ0) is 15.5. The molecule has 1 aromatic carbocycles. The Morgan fingerprint density at radius 3 is 2.76 bits per heavy atom. The molecule has 4 N–H and O–H groups in total. The molecule has 5 heteroatoms. The third kappa shape index (κ3) is 3.73. The molecule has 2 rings (SSSR count). The molecule has 4 nitrogen and oxygen atoms in total. The van der Waals surface area contributed by atoms with Crippen LogP contribution in [0.25, 0.3) is 0 Å². The molecule has 0 saturated heterocycles. The summed E-state index contributed by atoms with van der Waals surface area (Å²) in [6.07, 6.45) is 4.45. The highest BCUT2D eigenvalue weighted by molar-refractivity contribution is 5.99. The van der Waals surface area contributed by atoms with Gasteiger partial charge in [0, 0.05) is 6.54 Å². The smallest absolute Gasteiger partial charge is 0.253 e. The molecule has 0 spiro atoms. The molecule has 1 fully saturated rings. The first-order chi connectivity index (χ1) is 9.95. The number of hydrogen-bond acceptors (Lipinski definition) is 3. The van der Waals surface area contributed by atoms with Crippen molar-refractivity contribution in [3.63, 3.8) is 0 Å². The van der Waals surface area contributed by atoms with Crippen LogP contribution in [0.3, 0.4) is 0 Å². The third-order valence-corrected chi connectivity index (χ3v) is 4.49. The molecule has 0 aliphatic heterocycles. The van der Waals surface area contributed by atoms with Crippen molar-refractivity contribution < 1.29 is 14.3 Å². The SMILES string of the molecule is CCC1CCC(O)(CNC(=O)c2cccc(F)c2N)CC1. The van der Waals surface area contributed by atoms with Crippen molar-refractivity contribution in [2.24, 2.45) is 5.92 Å². The molecule has 21 heavy (non-hydrogen) atoms. The zero-order valence-corrected chi connectivity index (χ0v) is 12.4. The first-order valence-electron chi connectivity index (χ1n) is 7.50. The van der Waals surface area contributed by atoms with Crippen LogP contribution in [-0.4, -0.2) is 23.2 Å². The Balaban J connectivity index is 1.94. The van der Waals surface area contributed by atoms with Gasteiger partial charge in [-0.15, -0.1) is 0 Å². The Hall–Kier alpha value is -1.62. The molecule has 0 unspecified atom stereocenters. The molecule has 0 heterocycles. The lowest BCUT2D eigenvalue weighted by molar-refractivity contribution is -0.00786. The number of nitrogens with two attached hydrogens (primary N) is 1. The van der Waals surface area contributed by atoms with Crippen LogP contribution < -0.4 is 11.1 Å². The molecule has 1 amide bonds. The molecular formula is C16H23FN2O2. The fourth-order valence-corrected chi connectivity index (χ4v) is 2.88. The van der Waals surface area contributed by atoms with Gasteiger partial charge in [0.1, 0.15) is 5.82 Å². The average molecular weight is 294 g/mol. The van der Waals surface area contributed by atoms with Gasteiger partial charge in [0.25, 0.3) is 5.91 Å². The lowest BCUT2D eigenvalue weighted by atomic mass is 9.78. The second-order valence-electron chi connectivity index (χ2n) is 5.96. The highest BCUT2D eigenvalue weighted by atomic mass is 19.1. The van der Waals surface area contributed by atoms with Crippen LogP contribution in [0.4, 0.5) is 10.1 Å². The van der Waals surface area contributed by atoms with E-state index in [1.807, 2.05) is 0 Å². The maximum atomic E-state index is 13.3. The molecule has 0 radical (unpaired) electrons. The summed E-state index contributed by atoms with van der Waals surface area (Å²) in [6, 6.07) is 4.14. The average Bonchev–Trinajstić information content (AvgIpc) is 2.49. The van der Waals surface area contributed by atoms with Crippen LogP contribution in [-0.2, 0) is 0 Å². The van der Waals surface area contributed by atoms with Crippen LogP contribution in [0.1, 0.15) is 49.4 Å². The highest BCUT2D eigenvalue weighted by Crippen LogP contribution is 2.33. The number of benzene rings is 1. The van der Waals surface area contributed by atoms with E-state index in [2.05, 4.69) is 12.2 Å². The number of carbonyl (C=O) groups is 1. The van der Waals surface area contributed by atoms with Crippen molar-refractivity contribution in [2.75, 3.05) is 12.3 Å². The van der Waals surface area contributed by atoms with E-state index in [-0.39, 0.29) is 17.8 Å². The summed E-state index contributed by atoms with van der Waals surface area (Å²) in [6.45, 7) is 2.34. The predicted octanol–water partition coefficient (Wildman–Crippen LogP) is 2.47. The Kier molecular flexibility index (Phi) is 4.83. The van der Waals surface area contributed by atoms with Gasteiger partial charge in [-0.2, -0.15) is 0 Å². The minimum atomic E-state index is -0.858. The highest BCUT2D eigenvalue weighted by Gasteiger charge is 2.33. The number of amides is 1. The Bertz CT molecular complexity index is 511. The number of nitrogen functional groups attached to an aromatic ring is 1. The van der Waals surface area contributed by atoms with Gasteiger partial charge in [-0.25, -0.2) is 4.39 Å². The molecule has 1 aromatic rings. The lowest BCUT2D eigenvalue weighted by Gasteiger charge is -2.35. The number of anilines is 1. The maximum absolute atomic E-state index is 13.3. The molecule has 0 atom stereocenters. The number of aliphatic hydroxyl groups is 1. The van der Waals surface area contributed by atoms with Crippen molar-refractivity contribution in [1.82, 2.24) is 5.32 Å². The first-order valence-corrected chi connectivity index (χ1v) is 7.50. The topological polar surface area (TPSA) is 75.3 Å². The van der Waals surface area contributed by atoms with Gasteiger partial charge in [0.15, 0.2) is 0 Å². The number of rotatable bonds is 4. The molecule has 1 aliphatic carbocycles. The number of hydrogen-bond donors (Lipinski definition) is 3. The number of nitrogens with one attached hydrogen (secondary N) is 1. The molecule has 1 saturated carbocycles. The first kappa shape index (κ1) is 15.8. The van der Waals surface area contributed by atoms with E-state index in [4.69, 9.17) is 5.73 Å². The van der Waals surface area contributed by atoms with E-state index in [1.165, 1.54) is 18.2 Å². The predicted molar refractivity (Wildman–Crippen MR) is 80.3 cm³/mol. The second-order valence-corrected chi connectivity index (χ2v) is 5.96. The molecule has 116 valence electrons. The van der Waals surface area contributed by atoms with E-state index < -0.39 is 17.3 Å². The Morgan fingerprint density at radius 2 is 2.14 bits per heavy atom. The summed E-state index contributed by atoms with van der Waals surface area (Å²) in [4.78, 5) is 12.1. The molecular weight excluding hydrogens is 271 g/mol. The van der Waals surface area contributed by atoms with Crippen LogP contribution in [0.5, 0.6) is 0 Å². The minimum absolute atomic E-state index is 0.112. The quantitative estimate of drug-likeness (QED) is 0.747. The number of carbonyl (C=O) groups excluding carboxylic acids is 1. The van der Waals surface area contributed by atoms with E-state index in [0.717, 1.165) is 19.3 Å². The summed E-state index contributed by atoms with van der Waals surface area (Å²) in [7, 11) is 0. The normalized spacial score (nSPS) is 25.6. The van der Waals surface area contributed by atoms with E-state index in [9.17, 15) is 14.3 Å². The van der Waals surface area contributed by atoms with Gasteiger partial charge in [-0.1, -0.05) is 19.4 Å². The summed E-state index contributed by atoms with van der Waals surface area (Å²) in [5.74, 6) is -0.386. The lowest BCUT2D eigenvalue weighted by Crippen LogP contribution is -2.45. The van der Waals surface area contributed by atoms with Gasteiger partial charge in [-0.3, -0.25) is 4.79 Å². The summed E-state index contributed by atoms with van der Waals surface area (Å²) in [5, 5.41) is 13.2. The summed E-state index contributed by atoms with van der Waals surface area (Å²) in [5.41, 5.74) is 4.66. The third-order valence-electron chi connectivity index (χ3n) is 4.49. The number of halogens is 1. The van der Waals surface area contributed by atoms with Gasteiger partial charge in [-0.05, 0) is 43.7 Å². The van der Waals surface area contributed by atoms with Crippen LogP contribution in [0, 0.1) is 11.7 Å². The Morgan fingerprint density at radius 1 is 1.48 bits per heavy atom. The van der Waals surface area contributed by atoms with Crippen molar-refractivity contribution in [3.8, 4) is 0 Å². The van der Waals surface area contributed by atoms with Crippen molar-refractivity contribution in [2.45, 2.75) is 44.6 Å². The summed E-state index contributed by atoms with van der Waals surface area (Å²) >= 11 is 0. The van der Waals surface area contributed by atoms with Gasteiger partial charge in [0.2, 0.25) is 0 Å². The van der Waals surface area contributed by atoms with E-state index in [0.29, 0.717) is 18.8 Å². The largest absolute Gasteiger partial charge is 0.396 e. The van der Waals surface area contributed by atoms with Crippen LogP contribution in [0.15, 0.2) is 18.2 Å². The van der Waals surface area contributed by atoms with Gasteiger partial charge >= 0.3 is 0 Å². The fraction of sp³-hybridized carbons (Fsp3) is 0.562. The second kappa shape index (κ2) is 6.43. The monoisotopic (exact) mass is 294 g/mol. The van der Waals surface area contributed by atoms with Gasteiger partial charge in [0.05, 0.1) is 16.9 Å². The summed E-state index contributed by atoms with van der Waals surface area (Å²) < 4.78 is 13.3. The van der Waals surface area contributed by atoms with E-state index >= 15 is 0 Å². The van der Waals surface area contributed by atoms with Crippen LogP contribution >= 0.6 is 0 Å². The fourth-order valence-electron chi connectivity index (χ4n) is 2.88. The van der Waals surface area contributed by atoms with Crippen molar-refractivity contribution >= 4 is 11.6 Å². The molecule has 1 aliphatic rings. The standard InChI is InChI=1S/C16H23FN2O2/c1-2-11-6-8-16(21,9-7-11)10-19-15(20)12-4-3-5-13(17)14(12)18/h3-5,11,21H,2,6-10,18H2,1H3,(H,19,20). The van der Waals surface area contributed by atoms with Crippen molar-refractivity contribution in [3.05, 3.63) is 29.6 Å². The zero-order valence-electron chi connectivity index (χ0n) is 12.4. The minimum Gasteiger partial charge on any atom is -0.396 e. The number of para-hydroxylation sites is 1. The maximum Gasteiger partial charge on any atom is 0.253 e. The van der Waals surface area contributed by atoms with Gasteiger partial charge < -0.3 is 16.2 Å². The molecule has 0 bridgehead atoms. The van der Waals surface area contributed by atoms with E-state index in [1.54, 1.807) is 0 Å². The molecule has 0 aromatic heterocycles. The van der Waals surface area contributed by atoms with Crippen LogP contribution in [0.2, 0.25) is 0 Å². The van der Waals surface area contributed by atoms with Crippen molar-refractivity contribution in [1.29, 1.82) is 0 Å².